The molecule has 0 radical (unpaired) electrons. The van der Waals surface area contributed by atoms with Gasteiger partial charge in [0.05, 0.1) is 10.8 Å². The lowest BCUT2D eigenvalue weighted by Crippen LogP contribution is -2.52. The highest BCUT2D eigenvalue weighted by atomic mass is 32.2. The number of nitro groups is 1. The molecule has 0 bridgehead atoms. The van der Waals surface area contributed by atoms with Crippen LogP contribution in [0.2, 0.25) is 0 Å². The van der Waals surface area contributed by atoms with E-state index in [1.807, 2.05) is 50.2 Å². The lowest BCUT2D eigenvalue weighted by atomic mass is 9.69. The molecule has 4 atom stereocenters. The normalized spacial score (nSPS) is 26.6. The average Bonchev–Trinajstić information content (AvgIpc) is 3.53. The van der Waals surface area contributed by atoms with E-state index in [-0.39, 0.29) is 29.3 Å². The number of nitro benzene ring substituents is 1. The quantitative estimate of drug-likeness (QED) is 0.308. The van der Waals surface area contributed by atoms with Gasteiger partial charge in [0, 0.05) is 52.5 Å². The Morgan fingerprint density at radius 1 is 1.11 bits per heavy atom. The second kappa shape index (κ2) is 8.28. The minimum Gasteiger partial charge on any atom is -0.324 e. The molecular formula is C28H25N3O4S. The highest BCUT2D eigenvalue weighted by molar-refractivity contribution is 7.99. The van der Waals surface area contributed by atoms with Gasteiger partial charge in [-0.2, -0.15) is 0 Å². The van der Waals surface area contributed by atoms with Gasteiger partial charge < -0.3 is 5.32 Å². The number of amides is 1. The monoisotopic (exact) mass is 499 g/mol. The number of fused-ring (bicyclic) bond motifs is 4. The van der Waals surface area contributed by atoms with Crippen molar-refractivity contribution in [3.05, 3.63) is 105 Å². The molecule has 0 unspecified atom stereocenters. The van der Waals surface area contributed by atoms with Crippen LogP contribution in [0.5, 0.6) is 0 Å². The molecule has 1 N–H and O–H groups in total. The predicted molar refractivity (Wildman–Crippen MR) is 139 cm³/mol. The zero-order chi connectivity index (χ0) is 25.2. The molecule has 6 rings (SSSR count). The van der Waals surface area contributed by atoms with Gasteiger partial charge in [-0.1, -0.05) is 60.2 Å². The summed E-state index contributed by atoms with van der Waals surface area (Å²) in [6, 6.07) is 19.6. The summed E-state index contributed by atoms with van der Waals surface area (Å²) in [4.78, 5) is 42.0. The Bertz CT molecular complexity index is 1430. The lowest BCUT2D eigenvalue weighted by molar-refractivity contribution is -0.384. The summed E-state index contributed by atoms with van der Waals surface area (Å²) in [6.07, 6.45) is 0. The second-order valence-electron chi connectivity index (χ2n) is 9.85. The third-order valence-corrected chi connectivity index (χ3v) is 8.92. The fourth-order valence-corrected chi connectivity index (χ4v) is 7.86. The number of rotatable bonds is 4. The van der Waals surface area contributed by atoms with Crippen molar-refractivity contribution in [3.63, 3.8) is 0 Å². The van der Waals surface area contributed by atoms with Crippen molar-refractivity contribution in [1.82, 2.24) is 4.90 Å². The van der Waals surface area contributed by atoms with Gasteiger partial charge >= 0.3 is 0 Å². The van der Waals surface area contributed by atoms with E-state index in [1.165, 1.54) is 6.07 Å². The van der Waals surface area contributed by atoms with Gasteiger partial charge in [0.2, 0.25) is 5.91 Å². The van der Waals surface area contributed by atoms with E-state index in [2.05, 4.69) is 10.2 Å². The molecule has 0 aromatic heterocycles. The van der Waals surface area contributed by atoms with Crippen LogP contribution in [0, 0.1) is 29.9 Å². The number of anilines is 1. The zero-order valence-corrected chi connectivity index (χ0v) is 20.7. The van der Waals surface area contributed by atoms with Crippen molar-refractivity contribution >= 4 is 34.8 Å². The van der Waals surface area contributed by atoms with E-state index in [9.17, 15) is 19.7 Å². The van der Waals surface area contributed by atoms with Gasteiger partial charge in [-0.05, 0) is 25.0 Å². The molecule has 8 heteroatoms. The number of aryl methyl sites for hydroxylation is 2. The van der Waals surface area contributed by atoms with Crippen molar-refractivity contribution in [1.29, 1.82) is 0 Å². The summed E-state index contributed by atoms with van der Waals surface area (Å²) in [5.74, 6) is -0.0924. The predicted octanol–water partition coefficient (Wildman–Crippen LogP) is 5.03. The second-order valence-corrected chi connectivity index (χ2v) is 10.8. The van der Waals surface area contributed by atoms with Crippen molar-refractivity contribution in [2.75, 3.05) is 16.9 Å². The van der Waals surface area contributed by atoms with Crippen LogP contribution < -0.4 is 5.32 Å². The molecule has 3 heterocycles. The number of ketones is 1. The fourth-order valence-electron chi connectivity index (χ4n) is 6.53. The molecule has 7 nitrogen and oxygen atoms in total. The van der Waals surface area contributed by atoms with Crippen LogP contribution in [0.4, 0.5) is 11.4 Å². The van der Waals surface area contributed by atoms with Crippen molar-refractivity contribution < 1.29 is 14.5 Å². The summed E-state index contributed by atoms with van der Waals surface area (Å²) in [5, 5.41) is 14.8. The van der Waals surface area contributed by atoms with Crippen molar-refractivity contribution in [2.45, 2.75) is 31.3 Å². The van der Waals surface area contributed by atoms with E-state index in [0.717, 1.165) is 33.7 Å². The molecule has 1 spiro atoms. The lowest BCUT2D eigenvalue weighted by Gasteiger charge is -2.36. The highest BCUT2D eigenvalue weighted by Crippen LogP contribution is 2.61. The number of carbonyl (C=O) groups is 2. The van der Waals surface area contributed by atoms with Gasteiger partial charge in [-0.15, -0.1) is 11.8 Å². The maximum Gasteiger partial charge on any atom is 0.269 e. The Morgan fingerprint density at radius 3 is 2.64 bits per heavy atom. The summed E-state index contributed by atoms with van der Waals surface area (Å²) in [7, 11) is 0. The number of nitrogens with zero attached hydrogens (tertiary/aromatic N) is 2. The number of hydrogen-bond donors (Lipinski definition) is 1. The molecule has 2 fully saturated rings. The van der Waals surface area contributed by atoms with Crippen LogP contribution in [0.3, 0.4) is 0 Å². The van der Waals surface area contributed by atoms with E-state index >= 15 is 0 Å². The van der Waals surface area contributed by atoms with Crippen molar-refractivity contribution in [2.24, 2.45) is 5.92 Å². The molecule has 0 aliphatic carbocycles. The third-order valence-electron chi connectivity index (χ3n) is 7.88. The first-order valence-corrected chi connectivity index (χ1v) is 13.1. The molecule has 0 saturated carbocycles. The van der Waals surface area contributed by atoms with Crippen LogP contribution >= 0.6 is 11.8 Å². The fraction of sp³-hybridized carbons (Fsp3) is 0.286. The Balaban J connectivity index is 1.64. The Hall–Kier alpha value is -3.49. The third kappa shape index (κ3) is 3.10. The van der Waals surface area contributed by atoms with Crippen LogP contribution in [0.25, 0.3) is 0 Å². The number of Topliss-reactive ketones (excluding diaryl/α,β-unsaturated/α-hetero) is 1. The number of benzene rings is 3. The molecule has 3 aromatic carbocycles. The molecule has 1 amide bonds. The van der Waals surface area contributed by atoms with Gasteiger partial charge in [-0.25, -0.2) is 0 Å². The summed E-state index contributed by atoms with van der Waals surface area (Å²) < 4.78 is 0. The van der Waals surface area contributed by atoms with E-state index < -0.39 is 16.4 Å². The topological polar surface area (TPSA) is 92.5 Å². The smallest absolute Gasteiger partial charge is 0.269 e. The van der Waals surface area contributed by atoms with Crippen molar-refractivity contribution in [3.8, 4) is 0 Å². The number of nitrogens with one attached hydrogen (secondary N) is 1. The molecule has 36 heavy (non-hydrogen) atoms. The van der Waals surface area contributed by atoms with Gasteiger partial charge in [0.1, 0.15) is 5.54 Å². The zero-order valence-electron chi connectivity index (χ0n) is 19.9. The minimum atomic E-state index is -1.19. The maximum absolute atomic E-state index is 14.4. The standard InChI is InChI=1S/C28H25N3O4S/c1-16-11-17(2)25-21(12-16)28(27(33)29-25)24(26(32)18-7-4-3-5-8-18)23(22-14-36-15-30(22)28)19-9-6-10-20(13-19)31(34)35/h3-13,22-24H,14-15H2,1-2H3,(H,29,33)/t22-,23-,24-,28+/m0/s1. The van der Waals surface area contributed by atoms with E-state index in [4.69, 9.17) is 0 Å². The van der Waals surface area contributed by atoms with E-state index in [0.29, 0.717) is 11.4 Å². The number of thioether (sulfide) groups is 1. The highest BCUT2D eigenvalue weighted by Gasteiger charge is 2.69. The van der Waals surface area contributed by atoms with Gasteiger partial charge in [0.25, 0.3) is 5.69 Å². The Kier molecular flexibility index (Phi) is 5.28. The summed E-state index contributed by atoms with van der Waals surface area (Å²) in [6.45, 7) is 3.98. The molecule has 2 saturated heterocycles. The van der Waals surface area contributed by atoms with Crippen LogP contribution in [0.15, 0.2) is 66.7 Å². The average molecular weight is 500 g/mol. The van der Waals surface area contributed by atoms with Crippen LogP contribution in [-0.2, 0) is 10.3 Å². The Labute approximate surface area is 213 Å². The first-order chi connectivity index (χ1) is 17.3. The number of hydrogen-bond acceptors (Lipinski definition) is 6. The first kappa shape index (κ1) is 22.9. The molecular weight excluding hydrogens is 474 g/mol. The summed E-state index contributed by atoms with van der Waals surface area (Å²) >= 11 is 1.73. The SMILES string of the molecule is Cc1cc(C)c2c(c1)[C@]1(C(=O)N2)[C@H](C(=O)c2ccccc2)[C@@H](c2cccc([N+](=O)[O-])c2)[C@@H]2CSCN21. The maximum atomic E-state index is 14.4. The molecule has 3 aliphatic rings. The van der Waals surface area contributed by atoms with Crippen LogP contribution in [0.1, 0.15) is 38.5 Å². The van der Waals surface area contributed by atoms with Gasteiger partial charge in [0.15, 0.2) is 5.78 Å². The first-order valence-electron chi connectivity index (χ1n) is 12.0. The largest absolute Gasteiger partial charge is 0.324 e. The number of carbonyl (C=O) groups excluding carboxylic acids is 2. The van der Waals surface area contributed by atoms with E-state index in [1.54, 1.807) is 36.0 Å². The number of non-ortho nitro benzene ring substituents is 1. The Morgan fingerprint density at radius 2 is 1.89 bits per heavy atom. The minimum absolute atomic E-state index is 0.0143. The molecule has 3 aromatic rings. The molecule has 182 valence electrons. The summed E-state index contributed by atoms with van der Waals surface area (Å²) in [5.41, 5.74) is 3.64. The molecule has 3 aliphatic heterocycles. The van der Waals surface area contributed by atoms with Gasteiger partial charge in [-0.3, -0.25) is 24.6 Å². The van der Waals surface area contributed by atoms with Crippen LogP contribution in [-0.4, -0.2) is 39.2 Å².